The van der Waals surface area contributed by atoms with Crippen LogP contribution in [0.1, 0.15) is 22.9 Å². The average molecular weight is 384 g/mol. The summed E-state index contributed by atoms with van der Waals surface area (Å²) in [4.78, 5) is 6.78. The topological polar surface area (TPSA) is 72.9 Å². The van der Waals surface area contributed by atoms with Crippen molar-refractivity contribution < 1.29 is 0 Å². The highest BCUT2D eigenvalue weighted by Gasteiger charge is 2.22. The molecule has 2 N–H and O–H groups in total. The van der Waals surface area contributed by atoms with Gasteiger partial charge in [-0.2, -0.15) is 0 Å². The van der Waals surface area contributed by atoms with Gasteiger partial charge in [0.05, 0.1) is 17.4 Å². The Morgan fingerprint density at radius 2 is 1.52 bits per heavy atom. The highest BCUT2D eigenvalue weighted by atomic mass is 15.4. The van der Waals surface area contributed by atoms with Crippen LogP contribution >= 0.6 is 0 Å². The standard InChI is InChI=1S/C23H24N6/c1-16-22(29(3)27-26-16)19-14-20(24)25-21(15-19)28(2)23(17-10-6-4-7-11-17)18-12-8-5-9-13-18/h4-15,23H,1-3H3,(H2,24,25). The fourth-order valence-electron chi connectivity index (χ4n) is 3.75. The third-order valence-electron chi connectivity index (χ3n) is 5.08. The Labute approximate surface area is 170 Å². The smallest absolute Gasteiger partial charge is 0.132 e. The minimum Gasteiger partial charge on any atom is -0.384 e. The van der Waals surface area contributed by atoms with E-state index in [1.807, 2.05) is 45.3 Å². The Morgan fingerprint density at radius 1 is 0.931 bits per heavy atom. The molecule has 0 saturated carbocycles. The molecule has 0 fully saturated rings. The summed E-state index contributed by atoms with van der Waals surface area (Å²) in [5, 5.41) is 8.28. The number of anilines is 2. The summed E-state index contributed by atoms with van der Waals surface area (Å²) in [6.07, 6.45) is 0. The number of aromatic nitrogens is 4. The van der Waals surface area contributed by atoms with Gasteiger partial charge >= 0.3 is 0 Å². The van der Waals surface area contributed by atoms with Crippen LogP contribution in [0.25, 0.3) is 11.3 Å². The number of nitrogens with two attached hydrogens (primary N) is 1. The second kappa shape index (κ2) is 7.75. The van der Waals surface area contributed by atoms with Gasteiger partial charge in [-0.05, 0) is 30.2 Å². The lowest BCUT2D eigenvalue weighted by Crippen LogP contribution is -2.26. The minimum absolute atomic E-state index is 0.00492. The SMILES string of the molecule is Cc1nnn(C)c1-c1cc(N)nc(N(C)C(c2ccccc2)c2ccccc2)c1. The maximum Gasteiger partial charge on any atom is 0.132 e. The highest BCUT2D eigenvalue weighted by molar-refractivity contribution is 5.69. The Kier molecular flexibility index (Phi) is 4.99. The molecule has 0 atom stereocenters. The molecule has 0 spiro atoms. The zero-order chi connectivity index (χ0) is 20.4. The number of hydrogen-bond donors (Lipinski definition) is 1. The van der Waals surface area contributed by atoms with Crippen molar-refractivity contribution in [2.75, 3.05) is 17.7 Å². The van der Waals surface area contributed by atoms with Crippen molar-refractivity contribution in [2.45, 2.75) is 13.0 Å². The number of rotatable bonds is 5. The Hall–Kier alpha value is -3.67. The van der Waals surface area contributed by atoms with E-state index in [0.29, 0.717) is 5.82 Å². The lowest BCUT2D eigenvalue weighted by atomic mass is 9.97. The zero-order valence-electron chi connectivity index (χ0n) is 16.8. The Morgan fingerprint density at radius 3 is 2.03 bits per heavy atom. The molecule has 6 nitrogen and oxygen atoms in total. The number of pyridine rings is 1. The van der Waals surface area contributed by atoms with E-state index >= 15 is 0 Å². The van der Waals surface area contributed by atoms with Gasteiger partial charge in [0.2, 0.25) is 0 Å². The van der Waals surface area contributed by atoms with Gasteiger partial charge in [0, 0.05) is 19.7 Å². The van der Waals surface area contributed by atoms with Crippen LogP contribution in [-0.4, -0.2) is 27.0 Å². The molecule has 4 aromatic rings. The first kappa shape index (κ1) is 18.7. The molecule has 29 heavy (non-hydrogen) atoms. The molecule has 0 aliphatic heterocycles. The largest absolute Gasteiger partial charge is 0.384 e. The third kappa shape index (κ3) is 3.69. The summed E-state index contributed by atoms with van der Waals surface area (Å²) < 4.78 is 1.76. The quantitative estimate of drug-likeness (QED) is 0.563. The van der Waals surface area contributed by atoms with Crippen molar-refractivity contribution in [2.24, 2.45) is 7.05 Å². The van der Waals surface area contributed by atoms with Crippen LogP contribution in [0, 0.1) is 6.92 Å². The van der Waals surface area contributed by atoms with Crippen molar-refractivity contribution in [3.05, 3.63) is 89.6 Å². The first-order valence-electron chi connectivity index (χ1n) is 9.51. The second-order valence-corrected chi connectivity index (χ2v) is 7.12. The molecular formula is C23H24N6. The van der Waals surface area contributed by atoms with E-state index in [1.165, 1.54) is 11.1 Å². The van der Waals surface area contributed by atoms with Gasteiger partial charge < -0.3 is 10.6 Å². The number of benzene rings is 2. The van der Waals surface area contributed by atoms with E-state index in [2.05, 4.69) is 68.7 Å². The van der Waals surface area contributed by atoms with Gasteiger partial charge in [-0.1, -0.05) is 65.9 Å². The van der Waals surface area contributed by atoms with E-state index < -0.39 is 0 Å². The van der Waals surface area contributed by atoms with E-state index in [9.17, 15) is 0 Å². The molecular weight excluding hydrogens is 360 g/mol. The van der Waals surface area contributed by atoms with E-state index in [0.717, 1.165) is 22.8 Å². The zero-order valence-corrected chi connectivity index (χ0v) is 16.8. The minimum atomic E-state index is 0.00492. The van der Waals surface area contributed by atoms with Crippen LogP contribution in [0.3, 0.4) is 0 Å². The molecule has 6 heteroatoms. The fraction of sp³-hybridized carbons (Fsp3) is 0.174. The first-order chi connectivity index (χ1) is 14.0. The monoisotopic (exact) mass is 384 g/mol. The lowest BCUT2D eigenvalue weighted by molar-refractivity contribution is 0.719. The van der Waals surface area contributed by atoms with Crippen LogP contribution in [0.15, 0.2) is 72.8 Å². The van der Waals surface area contributed by atoms with Gasteiger partial charge in [0.25, 0.3) is 0 Å². The molecule has 0 bridgehead atoms. The number of aryl methyl sites for hydroxylation is 2. The first-order valence-corrected chi connectivity index (χ1v) is 9.51. The molecule has 0 aliphatic rings. The average Bonchev–Trinajstić information content (AvgIpc) is 3.07. The Balaban J connectivity index is 1.82. The molecule has 0 radical (unpaired) electrons. The summed E-state index contributed by atoms with van der Waals surface area (Å²) in [5.41, 5.74) is 11.3. The normalized spacial score (nSPS) is 11.0. The summed E-state index contributed by atoms with van der Waals surface area (Å²) in [7, 11) is 3.93. The van der Waals surface area contributed by atoms with Gasteiger partial charge in [-0.3, -0.25) is 0 Å². The molecule has 0 unspecified atom stereocenters. The van der Waals surface area contributed by atoms with E-state index in [4.69, 9.17) is 5.73 Å². The molecule has 0 amide bonds. The predicted molar refractivity (Wildman–Crippen MR) is 117 cm³/mol. The van der Waals surface area contributed by atoms with E-state index in [-0.39, 0.29) is 6.04 Å². The maximum atomic E-state index is 6.19. The summed E-state index contributed by atoms with van der Waals surface area (Å²) in [6.45, 7) is 1.94. The van der Waals surface area contributed by atoms with Crippen LogP contribution in [0.4, 0.5) is 11.6 Å². The molecule has 2 aromatic heterocycles. The van der Waals surface area contributed by atoms with Crippen molar-refractivity contribution in [3.8, 4) is 11.3 Å². The van der Waals surface area contributed by atoms with Gasteiger partial charge in [0.15, 0.2) is 0 Å². The lowest BCUT2D eigenvalue weighted by Gasteiger charge is -2.30. The molecule has 4 rings (SSSR count). The van der Waals surface area contributed by atoms with Crippen molar-refractivity contribution in [1.82, 2.24) is 20.0 Å². The Bertz CT molecular complexity index is 1050. The molecule has 146 valence electrons. The van der Waals surface area contributed by atoms with Crippen LogP contribution in [0.5, 0.6) is 0 Å². The molecule has 0 saturated heterocycles. The van der Waals surface area contributed by atoms with Gasteiger partial charge in [-0.15, -0.1) is 5.10 Å². The molecule has 0 aliphatic carbocycles. The van der Waals surface area contributed by atoms with Gasteiger partial charge in [0.1, 0.15) is 11.6 Å². The van der Waals surface area contributed by atoms with Crippen molar-refractivity contribution in [3.63, 3.8) is 0 Å². The number of nitrogen functional groups attached to an aromatic ring is 1. The van der Waals surface area contributed by atoms with Crippen LogP contribution in [0.2, 0.25) is 0 Å². The summed E-state index contributed by atoms with van der Waals surface area (Å²) >= 11 is 0. The molecule has 2 heterocycles. The van der Waals surface area contributed by atoms with Crippen LogP contribution in [-0.2, 0) is 7.05 Å². The van der Waals surface area contributed by atoms with Crippen molar-refractivity contribution in [1.29, 1.82) is 0 Å². The third-order valence-corrected chi connectivity index (χ3v) is 5.08. The second-order valence-electron chi connectivity index (χ2n) is 7.12. The van der Waals surface area contributed by atoms with E-state index in [1.54, 1.807) is 4.68 Å². The summed E-state index contributed by atoms with van der Waals surface area (Å²) in [5.74, 6) is 1.25. The highest BCUT2D eigenvalue weighted by Crippen LogP contribution is 2.33. The fourth-order valence-corrected chi connectivity index (χ4v) is 3.75. The van der Waals surface area contributed by atoms with Crippen LogP contribution < -0.4 is 10.6 Å². The maximum absolute atomic E-state index is 6.19. The molecule has 2 aromatic carbocycles. The number of hydrogen-bond acceptors (Lipinski definition) is 5. The summed E-state index contributed by atoms with van der Waals surface area (Å²) in [6, 6.07) is 24.7. The number of nitrogens with zero attached hydrogens (tertiary/aromatic N) is 5. The van der Waals surface area contributed by atoms with Crippen molar-refractivity contribution >= 4 is 11.6 Å². The predicted octanol–water partition coefficient (Wildman–Crippen LogP) is 3.99. The van der Waals surface area contributed by atoms with Gasteiger partial charge in [-0.25, -0.2) is 9.67 Å².